The number of carboxylic acids is 1. The Morgan fingerprint density at radius 2 is 2.05 bits per heavy atom. The summed E-state index contributed by atoms with van der Waals surface area (Å²) in [6.45, 7) is 1.34. The number of carbonyl (C=O) groups is 3. The van der Waals surface area contributed by atoms with Crippen molar-refractivity contribution < 1.29 is 29.2 Å². The molecule has 8 nitrogen and oxygen atoms in total. The van der Waals surface area contributed by atoms with Gasteiger partial charge in [-0.3, -0.25) is 24.5 Å². The molecule has 21 heavy (non-hydrogen) atoms. The summed E-state index contributed by atoms with van der Waals surface area (Å²) < 4.78 is 4.85. The van der Waals surface area contributed by atoms with Crippen molar-refractivity contribution in [3.63, 3.8) is 0 Å². The number of hydrogen-bond donors (Lipinski definition) is 1. The van der Waals surface area contributed by atoms with Gasteiger partial charge in [-0.15, -0.1) is 0 Å². The quantitative estimate of drug-likeness (QED) is 0.270. The van der Waals surface area contributed by atoms with Crippen molar-refractivity contribution in [3.8, 4) is 0 Å². The lowest BCUT2D eigenvalue weighted by Gasteiger charge is -2.10. The fourth-order valence-electron chi connectivity index (χ4n) is 1.57. The molecule has 1 aromatic rings. The van der Waals surface area contributed by atoms with E-state index in [4.69, 9.17) is 5.11 Å². The van der Waals surface area contributed by atoms with Gasteiger partial charge in [0.2, 0.25) is 5.92 Å². The molecule has 1 rings (SSSR count). The molecular weight excluding hydrogens is 350 g/mol. The summed E-state index contributed by atoms with van der Waals surface area (Å²) in [5.41, 5.74) is -1.06. The SMILES string of the molecule is CCOC(=O)C(C(=O)O)C(=O)c1ccc(Br)cc1[N+](=O)[O-]. The van der Waals surface area contributed by atoms with E-state index in [0.29, 0.717) is 4.47 Å². The number of benzene rings is 1. The monoisotopic (exact) mass is 359 g/mol. The van der Waals surface area contributed by atoms with Crippen molar-refractivity contribution in [1.82, 2.24) is 0 Å². The third-order valence-electron chi connectivity index (χ3n) is 2.45. The van der Waals surface area contributed by atoms with Gasteiger partial charge in [0, 0.05) is 10.5 Å². The molecule has 1 unspecified atom stereocenters. The zero-order chi connectivity index (χ0) is 16.2. The molecule has 0 amide bonds. The standard InChI is InChI=1S/C12H10BrNO7/c1-2-21-12(18)9(11(16)17)10(15)7-4-3-6(13)5-8(7)14(19)20/h3-5,9H,2H2,1H3,(H,16,17). The van der Waals surface area contributed by atoms with Gasteiger partial charge in [-0.1, -0.05) is 15.9 Å². The number of ketones is 1. The third-order valence-corrected chi connectivity index (χ3v) is 2.95. The number of carboxylic acid groups (broad SMARTS) is 1. The molecule has 0 radical (unpaired) electrons. The van der Waals surface area contributed by atoms with E-state index in [1.807, 2.05) is 0 Å². The van der Waals surface area contributed by atoms with Crippen LogP contribution in [0.25, 0.3) is 0 Å². The predicted octanol–water partition coefficient (Wildman–Crippen LogP) is 1.80. The van der Waals surface area contributed by atoms with E-state index in [0.717, 1.165) is 12.1 Å². The van der Waals surface area contributed by atoms with Crippen molar-refractivity contribution in [2.24, 2.45) is 5.92 Å². The lowest BCUT2D eigenvalue weighted by molar-refractivity contribution is -0.385. The number of nitro groups is 1. The summed E-state index contributed by atoms with van der Waals surface area (Å²) in [6, 6.07) is 3.47. The molecule has 112 valence electrons. The number of nitrogens with zero attached hydrogens (tertiary/aromatic N) is 1. The topological polar surface area (TPSA) is 124 Å². The number of esters is 1. The minimum atomic E-state index is -2.13. The number of nitro benzene ring substituents is 1. The number of rotatable bonds is 6. The van der Waals surface area contributed by atoms with E-state index in [9.17, 15) is 24.5 Å². The molecule has 0 aliphatic rings. The van der Waals surface area contributed by atoms with E-state index in [-0.39, 0.29) is 6.61 Å². The predicted molar refractivity (Wildman–Crippen MR) is 72.9 cm³/mol. The van der Waals surface area contributed by atoms with Gasteiger partial charge >= 0.3 is 11.9 Å². The van der Waals surface area contributed by atoms with Crippen LogP contribution in [0.5, 0.6) is 0 Å². The molecule has 1 N–H and O–H groups in total. The lowest BCUT2D eigenvalue weighted by Crippen LogP contribution is -2.33. The van der Waals surface area contributed by atoms with E-state index >= 15 is 0 Å². The normalized spacial score (nSPS) is 11.5. The second-order valence-corrected chi connectivity index (χ2v) is 4.72. The summed E-state index contributed by atoms with van der Waals surface area (Å²) in [5, 5.41) is 19.9. The molecule has 0 aromatic heterocycles. The second kappa shape index (κ2) is 6.93. The van der Waals surface area contributed by atoms with Gasteiger partial charge in [-0.2, -0.15) is 0 Å². The molecule has 0 heterocycles. The van der Waals surface area contributed by atoms with Gasteiger partial charge in [0.25, 0.3) is 5.69 Å². The average molecular weight is 360 g/mol. The summed E-state index contributed by atoms with van der Waals surface area (Å²) in [7, 11) is 0. The summed E-state index contributed by atoms with van der Waals surface area (Å²) in [5.74, 6) is -6.31. The van der Waals surface area contributed by atoms with Crippen molar-refractivity contribution in [2.75, 3.05) is 6.61 Å². The van der Waals surface area contributed by atoms with Crippen molar-refractivity contribution >= 4 is 39.3 Å². The van der Waals surface area contributed by atoms with Crippen LogP contribution in [0.15, 0.2) is 22.7 Å². The molecule has 0 saturated carbocycles. The van der Waals surface area contributed by atoms with Crippen LogP contribution < -0.4 is 0 Å². The molecule has 0 bridgehead atoms. The molecule has 0 aliphatic carbocycles. The lowest BCUT2D eigenvalue weighted by atomic mass is 9.96. The molecule has 0 spiro atoms. The number of ether oxygens (including phenoxy) is 1. The van der Waals surface area contributed by atoms with Gasteiger partial charge in [-0.25, -0.2) is 0 Å². The minimum absolute atomic E-state index is 0.113. The maximum Gasteiger partial charge on any atom is 0.328 e. The van der Waals surface area contributed by atoms with E-state index in [1.54, 1.807) is 0 Å². The number of halogens is 1. The highest BCUT2D eigenvalue weighted by atomic mass is 79.9. The Morgan fingerprint density at radius 1 is 1.43 bits per heavy atom. The Hall–Kier alpha value is -2.29. The van der Waals surface area contributed by atoms with Crippen LogP contribution in [0.4, 0.5) is 5.69 Å². The average Bonchev–Trinajstić information content (AvgIpc) is 2.38. The Balaban J connectivity index is 3.31. The van der Waals surface area contributed by atoms with Gasteiger partial charge in [0.15, 0.2) is 5.78 Å². The molecule has 9 heteroatoms. The number of hydrogen-bond acceptors (Lipinski definition) is 6. The Kier molecular flexibility index (Phi) is 5.53. The van der Waals surface area contributed by atoms with Crippen LogP contribution in [0.2, 0.25) is 0 Å². The maximum absolute atomic E-state index is 12.1. The first-order valence-corrected chi connectivity index (χ1v) is 6.46. The van der Waals surface area contributed by atoms with Crippen molar-refractivity contribution in [3.05, 3.63) is 38.3 Å². The van der Waals surface area contributed by atoms with Crippen LogP contribution in [-0.4, -0.2) is 34.4 Å². The third kappa shape index (κ3) is 3.85. The maximum atomic E-state index is 12.1. The van der Waals surface area contributed by atoms with Crippen molar-refractivity contribution in [2.45, 2.75) is 6.92 Å². The van der Waals surface area contributed by atoms with Crippen LogP contribution in [-0.2, 0) is 14.3 Å². The summed E-state index contributed by atoms with van der Waals surface area (Å²) in [4.78, 5) is 44.9. The van der Waals surface area contributed by atoms with Crippen LogP contribution >= 0.6 is 15.9 Å². The Bertz CT molecular complexity index is 614. The fraction of sp³-hybridized carbons (Fsp3) is 0.250. The van der Waals surface area contributed by atoms with Gasteiger partial charge in [0.1, 0.15) is 0 Å². The molecule has 1 atom stereocenters. The number of aliphatic carboxylic acids is 1. The second-order valence-electron chi connectivity index (χ2n) is 3.81. The summed E-state index contributed by atoms with van der Waals surface area (Å²) >= 11 is 3.01. The highest BCUT2D eigenvalue weighted by Crippen LogP contribution is 2.26. The molecule has 0 aliphatic heterocycles. The van der Waals surface area contributed by atoms with Gasteiger partial charge in [-0.05, 0) is 19.1 Å². The minimum Gasteiger partial charge on any atom is -0.480 e. The fourth-order valence-corrected chi connectivity index (χ4v) is 1.91. The van der Waals surface area contributed by atoms with E-state index < -0.39 is 39.8 Å². The number of Topliss-reactive ketones (excluding diaryl/α,β-unsaturated/α-hetero) is 1. The zero-order valence-electron chi connectivity index (χ0n) is 10.7. The highest BCUT2D eigenvalue weighted by Gasteiger charge is 2.38. The van der Waals surface area contributed by atoms with Gasteiger partial charge in [0.05, 0.1) is 17.1 Å². The van der Waals surface area contributed by atoms with Crippen molar-refractivity contribution in [1.29, 1.82) is 0 Å². The molecule has 0 saturated heterocycles. The molecular formula is C12H10BrNO7. The van der Waals surface area contributed by atoms with Crippen LogP contribution in [0.1, 0.15) is 17.3 Å². The smallest absolute Gasteiger partial charge is 0.328 e. The summed E-state index contributed by atoms with van der Waals surface area (Å²) in [6.07, 6.45) is 0. The molecule has 1 aromatic carbocycles. The first kappa shape index (κ1) is 16.8. The first-order chi connectivity index (χ1) is 9.79. The first-order valence-electron chi connectivity index (χ1n) is 5.67. The van der Waals surface area contributed by atoms with Gasteiger partial charge < -0.3 is 9.84 Å². The van der Waals surface area contributed by atoms with Crippen LogP contribution in [0.3, 0.4) is 0 Å². The number of carbonyl (C=O) groups excluding carboxylic acids is 2. The Labute approximate surface area is 127 Å². The largest absolute Gasteiger partial charge is 0.480 e. The highest BCUT2D eigenvalue weighted by molar-refractivity contribution is 9.10. The van der Waals surface area contributed by atoms with Crippen LogP contribution in [0, 0.1) is 16.0 Å². The molecule has 0 fully saturated rings. The Morgan fingerprint density at radius 3 is 2.52 bits per heavy atom. The zero-order valence-corrected chi connectivity index (χ0v) is 12.3. The van der Waals surface area contributed by atoms with E-state index in [2.05, 4.69) is 20.7 Å². The van der Waals surface area contributed by atoms with E-state index in [1.165, 1.54) is 13.0 Å².